The number of carbonyl (C=O) groups is 2. The molecule has 9 heteroatoms. The average Bonchev–Trinajstić information content (AvgIpc) is 3.24. The van der Waals surface area contributed by atoms with Crippen LogP contribution in [0.25, 0.3) is 11.0 Å². The van der Waals surface area contributed by atoms with Crippen molar-refractivity contribution in [1.29, 1.82) is 0 Å². The molecule has 3 aromatic rings. The van der Waals surface area contributed by atoms with Gasteiger partial charge in [0.2, 0.25) is 11.7 Å². The van der Waals surface area contributed by atoms with Crippen LogP contribution in [0.1, 0.15) is 55.5 Å². The van der Waals surface area contributed by atoms with E-state index in [1.165, 1.54) is 38.5 Å². The summed E-state index contributed by atoms with van der Waals surface area (Å²) in [6.45, 7) is 2.37. The molecule has 2 aromatic heterocycles. The molecule has 7 nitrogen and oxygen atoms in total. The van der Waals surface area contributed by atoms with E-state index in [1.54, 1.807) is 18.2 Å². The number of fused-ring (bicyclic) bond motifs is 1. The highest BCUT2D eigenvalue weighted by atomic mass is 35.5. The second kappa shape index (κ2) is 11.4. The molecular weight excluding hydrogens is 487 g/mol. The van der Waals surface area contributed by atoms with Gasteiger partial charge in [0, 0.05) is 23.5 Å². The van der Waals surface area contributed by atoms with E-state index >= 15 is 0 Å². The number of amides is 2. The van der Waals surface area contributed by atoms with Gasteiger partial charge in [0.1, 0.15) is 17.1 Å². The number of pyridine rings is 1. The molecule has 1 aliphatic carbocycles. The number of furan rings is 1. The summed E-state index contributed by atoms with van der Waals surface area (Å²) in [5.74, 6) is -0.183. The molecule has 0 unspecified atom stereocenters. The zero-order valence-electron chi connectivity index (χ0n) is 19.5. The first-order valence-corrected chi connectivity index (χ1v) is 12.5. The highest BCUT2D eigenvalue weighted by Crippen LogP contribution is 2.34. The molecule has 2 aliphatic rings. The lowest BCUT2D eigenvalue weighted by atomic mass is 9.84. The van der Waals surface area contributed by atoms with Crippen LogP contribution in [-0.4, -0.2) is 40.8 Å². The molecule has 1 saturated carbocycles. The number of rotatable bonds is 5. The number of nitrogens with one attached hydrogen (secondary N) is 2. The summed E-state index contributed by atoms with van der Waals surface area (Å²) < 4.78 is 5.85. The van der Waals surface area contributed by atoms with Crippen molar-refractivity contribution in [2.24, 2.45) is 5.92 Å². The van der Waals surface area contributed by atoms with E-state index in [0.717, 1.165) is 25.7 Å². The zero-order valence-corrected chi connectivity index (χ0v) is 21.0. The number of piperidine rings is 1. The third-order valence-corrected chi connectivity index (χ3v) is 7.22. The molecule has 2 N–H and O–H groups in total. The molecule has 0 radical (unpaired) electrons. The van der Waals surface area contributed by atoms with E-state index in [1.807, 2.05) is 18.2 Å². The zero-order chi connectivity index (χ0) is 23.5. The molecule has 186 valence electrons. The molecular formula is C26H30Cl2N4O3. The summed E-state index contributed by atoms with van der Waals surface area (Å²) in [5.41, 5.74) is 0.950. The van der Waals surface area contributed by atoms with Gasteiger partial charge in [0.25, 0.3) is 5.91 Å². The van der Waals surface area contributed by atoms with Gasteiger partial charge in [0.05, 0.1) is 5.02 Å². The topological polar surface area (TPSA) is 87.5 Å². The molecule has 0 bridgehead atoms. The number of halogens is 2. The van der Waals surface area contributed by atoms with Crippen molar-refractivity contribution in [2.75, 3.05) is 23.7 Å². The Morgan fingerprint density at radius 2 is 1.71 bits per heavy atom. The van der Waals surface area contributed by atoms with Gasteiger partial charge in [-0.2, -0.15) is 0 Å². The number of aromatic nitrogens is 1. The summed E-state index contributed by atoms with van der Waals surface area (Å²) >= 11 is 5.88. The predicted octanol–water partition coefficient (Wildman–Crippen LogP) is 6.14. The molecule has 5 rings (SSSR count). The normalized spacial score (nSPS) is 20.7. The molecule has 0 spiro atoms. The van der Waals surface area contributed by atoms with Crippen molar-refractivity contribution in [3.63, 3.8) is 0 Å². The Labute approximate surface area is 216 Å². The van der Waals surface area contributed by atoms with Crippen molar-refractivity contribution in [3.8, 4) is 0 Å². The maximum atomic E-state index is 13.2. The quantitative estimate of drug-likeness (QED) is 0.425. The summed E-state index contributed by atoms with van der Waals surface area (Å²) in [5, 5.41) is 6.92. The number of benzene rings is 1. The smallest absolute Gasteiger partial charge is 0.294 e. The van der Waals surface area contributed by atoms with Crippen molar-refractivity contribution >= 4 is 58.3 Å². The predicted molar refractivity (Wildman–Crippen MR) is 140 cm³/mol. The van der Waals surface area contributed by atoms with Crippen LogP contribution >= 0.6 is 24.0 Å². The van der Waals surface area contributed by atoms with Gasteiger partial charge in [-0.25, -0.2) is 4.98 Å². The summed E-state index contributed by atoms with van der Waals surface area (Å²) in [6, 6.07) is 11.2. The van der Waals surface area contributed by atoms with Gasteiger partial charge in [-0.1, -0.05) is 30.2 Å². The number of likely N-dealkylation sites (tertiary alicyclic amines) is 1. The fourth-order valence-corrected chi connectivity index (χ4v) is 5.28. The van der Waals surface area contributed by atoms with Crippen LogP contribution in [0.5, 0.6) is 0 Å². The highest BCUT2D eigenvalue weighted by molar-refractivity contribution is 6.30. The first-order chi connectivity index (χ1) is 16.6. The average molecular weight is 517 g/mol. The Morgan fingerprint density at radius 3 is 2.43 bits per heavy atom. The van der Waals surface area contributed by atoms with Gasteiger partial charge >= 0.3 is 0 Å². The summed E-state index contributed by atoms with van der Waals surface area (Å²) in [6.07, 6.45) is 9.15. The lowest BCUT2D eigenvalue weighted by Crippen LogP contribution is -2.42. The van der Waals surface area contributed by atoms with Crippen LogP contribution in [-0.2, 0) is 4.79 Å². The Hall–Kier alpha value is -2.61. The minimum absolute atomic E-state index is 0. The number of hydrogen-bond acceptors (Lipinski definition) is 5. The SMILES string of the molecule is Cl.O=C(Nc1ccc(Cl)cn1)c1oc2ccccc2c1NC(=O)[C@H]1CC[C@H](N2CCCCC2)CC1. The van der Waals surface area contributed by atoms with Crippen molar-refractivity contribution < 1.29 is 14.0 Å². The first kappa shape index (κ1) is 25.5. The second-order valence-electron chi connectivity index (χ2n) is 9.21. The number of nitrogens with zero attached hydrogens (tertiary/aromatic N) is 2. The standard InChI is InChI=1S/C26H29ClN4O3.ClH/c27-18-10-13-22(28-16-18)29-26(33)24-23(20-6-2-3-7-21(20)34-24)30-25(32)17-8-11-19(12-9-17)31-14-4-1-5-15-31;/h2-3,6-7,10,13,16-17,19H,1,4-5,8-9,11-12,14-15H2,(H,30,32)(H,28,29,33);1H/t17-,19-;. The molecule has 35 heavy (non-hydrogen) atoms. The third kappa shape index (κ3) is 5.80. The molecule has 0 atom stereocenters. The first-order valence-electron chi connectivity index (χ1n) is 12.1. The number of hydrogen-bond donors (Lipinski definition) is 2. The van der Waals surface area contributed by atoms with Gasteiger partial charge in [0.15, 0.2) is 0 Å². The lowest BCUT2D eigenvalue weighted by molar-refractivity contribution is -0.121. The van der Waals surface area contributed by atoms with E-state index in [4.69, 9.17) is 16.0 Å². The largest absolute Gasteiger partial charge is 0.449 e. The second-order valence-corrected chi connectivity index (χ2v) is 9.65. The number of carbonyl (C=O) groups excluding carboxylic acids is 2. The summed E-state index contributed by atoms with van der Waals surface area (Å²) in [7, 11) is 0. The number of para-hydroxylation sites is 1. The van der Waals surface area contributed by atoms with Gasteiger partial charge in [-0.05, 0) is 75.9 Å². The number of anilines is 2. The van der Waals surface area contributed by atoms with Crippen LogP contribution < -0.4 is 10.6 Å². The third-order valence-electron chi connectivity index (χ3n) is 6.99. The molecule has 1 aliphatic heterocycles. The fourth-order valence-electron chi connectivity index (χ4n) is 5.16. The van der Waals surface area contributed by atoms with Crippen molar-refractivity contribution in [3.05, 3.63) is 53.4 Å². The Kier molecular flexibility index (Phi) is 8.31. The van der Waals surface area contributed by atoms with E-state index in [2.05, 4.69) is 20.5 Å². The van der Waals surface area contributed by atoms with Crippen molar-refractivity contribution in [2.45, 2.75) is 51.0 Å². The highest BCUT2D eigenvalue weighted by Gasteiger charge is 2.31. The van der Waals surface area contributed by atoms with Crippen LogP contribution in [0.15, 0.2) is 47.0 Å². The maximum absolute atomic E-state index is 13.2. The maximum Gasteiger partial charge on any atom is 0.294 e. The molecule has 2 amide bonds. The van der Waals surface area contributed by atoms with Gasteiger partial charge in [-0.3, -0.25) is 9.59 Å². The molecule has 3 heterocycles. The molecule has 1 aromatic carbocycles. The van der Waals surface area contributed by atoms with Crippen LogP contribution in [0.2, 0.25) is 5.02 Å². The lowest BCUT2D eigenvalue weighted by Gasteiger charge is -2.38. The Balaban J connectivity index is 0.00000289. The fraction of sp³-hybridized carbons (Fsp3) is 0.423. The van der Waals surface area contributed by atoms with Crippen LogP contribution in [0, 0.1) is 5.92 Å². The Bertz CT molecular complexity index is 1170. The Morgan fingerprint density at radius 1 is 0.971 bits per heavy atom. The summed E-state index contributed by atoms with van der Waals surface area (Å²) in [4.78, 5) is 33.0. The van der Waals surface area contributed by atoms with E-state index in [0.29, 0.717) is 33.5 Å². The molecule has 2 fully saturated rings. The van der Waals surface area contributed by atoms with E-state index in [-0.39, 0.29) is 30.0 Å². The minimum atomic E-state index is -0.477. The van der Waals surface area contributed by atoms with Crippen LogP contribution in [0.3, 0.4) is 0 Å². The van der Waals surface area contributed by atoms with E-state index in [9.17, 15) is 9.59 Å². The minimum Gasteiger partial charge on any atom is -0.449 e. The van der Waals surface area contributed by atoms with E-state index < -0.39 is 5.91 Å². The van der Waals surface area contributed by atoms with Gasteiger partial charge < -0.3 is 20.0 Å². The monoisotopic (exact) mass is 516 g/mol. The van der Waals surface area contributed by atoms with Gasteiger partial charge in [-0.15, -0.1) is 12.4 Å². The van der Waals surface area contributed by atoms with Crippen LogP contribution in [0.4, 0.5) is 11.5 Å². The van der Waals surface area contributed by atoms with Crippen molar-refractivity contribution in [1.82, 2.24) is 9.88 Å². The molecule has 1 saturated heterocycles.